The molecule has 0 radical (unpaired) electrons. The van der Waals surface area contributed by atoms with Crippen molar-refractivity contribution in [3.63, 3.8) is 0 Å². The van der Waals surface area contributed by atoms with E-state index >= 15 is 0 Å². The minimum Gasteiger partial charge on any atom is -0.496 e. The van der Waals surface area contributed by atoms with Gasteiger partial charge >= 0.3 is 0 Å². The molecule has 110 valence electrons. The fourth-order valence-electron chi connectivity index (χ4n) is 2.21. The molecule has 1 saturated carbocycles. The van der Waals surface area contributed by atoms with E-state index in [0.717, 1.165) is 25.3 Å². The lowest BCUT2D eigenvalue weighted by Crippen LogP contribution is -2.17. The second-order valence-corrected chi connectivity index (χ2v) is 5.27. The van der Waals surface area contributed by atoms with Crippen LogP contribution in [0.2, 0.25) is 0 Å². The molecular weight excluding hydrogens is 260 g/mol. The number of benzene rings is 1. The molecule has 20 heavy (non-hydrogen) atoms. The van der Waals surface area contributed by atoms with E-state index < -0.39 is 4.92 Å². The Hall–Kier alpha value is -1.82. The number of anilines is 1. The summed E-state index contributed by atoms with van der Waals surface area (Å²) >= 11 is 0. The fourth-order valence-corrected chi connectivity index (χ4v) is 2.21. The molecule has 6 nitrogen and oxygen atoms in total. The van der Waals surface area contributed by atoms with Crippen LogP contribution in [-0.2, 0) is 4.74 Å². The third-order valence-corrected chi connectivity index (χ3v) is 3.80. The van der Waals surface area contributed by atoms with Gasteiger partial charge in [-0.05, 0) is 24.7 Å². The van der Waals surface area contributed by atoms with Gasteiger partial charge in [-0.1, -0.05) is 0 Å². The number of nitro benzene ring substituents is 1. The molecule has 1 aliphatic rings. The maximum atomic E-state index is 10.9. The minimum absolute atomic E-state index is 0.0357. The molecule has 0 saturated heterocycles. The standard InChI is InChI=1S/C14H20N2O4/c1-19-6-5-14(3-4-14)10-15-11-7-12(16(17)18)9-13(8-11)20-2/h7-9,15H,3-6,10H2,1-2H3. The maximum Gasteiger partial charge on any atom is 0.275 e. The first-order valence-electron chi connectivity index (χ1n) is 6.65. The lowest BCUT2D eigenvalue weighted by Gasteiger charge is -2.16. The Morgan fingerprint density at radius 1 is 1.35 bits per heavy atom. The summed E-state index contributed by atoms with van der Waals surface area (Å²) in [4.78, 5) is 10.5. The SMILES string of the molecule is COCCC1(CNc2cc(OC)cc([N+](=O)[O-])c2)CC1. The zero-order valence-corrected chi connectivity index (χ0v) is 11.8. The van der Waals surface area contributed by atoms with Gasteiger partial charge in [0, 0.05) is 38.1 Å². The number of rotatable bonds is 8. The van der Waals surface area contributed by atoms with Gasteiger partial charge in [-0.25, -0.2) is 0 Å². The van der Waals surface area contributed by atoms with Gasteiger partial charge in [0.25, 0.3) is 5.69 Å². The Kier molecular flexibility index (Phi) is 4.44. The summed E-state index contributed by atoms with van der Waals surface area (Å²) in [5.41, 5.74) is 1.04. The Labute approximate surface area is 118 Å². The van der Waals surface area contributed by atoms with Gasteiger partial charge < -0.3 is 14.8 Å². The van der Waals surface area contributed by atoms with E-state index in [-0.39, 0.29) is 11.1 Å². The van der Waals surface area contributed by atoms with Crippen molar-refractivity contribution in [2.75, 3.05) is 32.7 Å². The van der Waals surface area contributed by atoms with Crippen LogP contribution in [0.1, 0.15) is 19.3 Å². The van der Waals surface area contributed by atoms with Gasteiger partial charge in [-0.3, -0.25) is 10.1 Å². The Morgan fingerprint density at radius 2 is 2.10 bits per heavy atom. The number of hydrogen-bond donors (Lipinski definition) is 1. The summed E-state index contributed by atoms with van der Waals surface area (Å²) < 4.78 is 10.2. The van der Waals surface area contributed by atoms with Gasteiger partial charge in [-0.2, -0.15) is 0 Å². The minimum atomic E-state index is -0.411. The summed E-state index contributed by atoms with van der Waals surface area (Å²) in [6.45, 7) is 1.56. The molecule has 0 atom stereocenters. The Morgan fingerprint density at radius 3 is 2.65 bits per heavy atom. The maximum absolute atomic E-state index is 10.9. The van der Waals surface area contributed by atoms with Crippen LogP contribution in [0.3, 0.4) is 0 Å². The number of hydrogen-bond acceptors (Lipinski definition) is 5. The van der Waals surface area contributed by atoms with Gasteiger partial charge in [0.15, 0.2) is 0 Å². The second kappa shape index (κ2) is 6.09. The van der Waals surface area contributed by atoms with Crippen LogP contribution in [0.4, 0.5) is 11.4 Å². The third-order valence-electron chi connectivity index (χ3n) is 3.80. The molecule has 0 aliphatic heterocycles. The number of ether oxygens (including phenoxy) is 2. The first-order chi connectivity index (χ1) is 9.58. The molecule has 0 spiro atoms. The summed E-state index contributed by atoms with van der Waals surface area (Å²) in [6, 6.07) is 4.73. The first-order valence-corrected chi connectivity index (χ1v) is 6.65. The van der Waals surface area contributed by atoms with Crippen LogP contribution >= 0.6 is 0 Å². The molecule has 0 bridgehead atoms. The van der Waals surface area contributed by atoms with E-state index in [0.29, 0.717) is 5.75 Å². The normalized spacial score (nSPS) is 15.7. The molecule has 1 aliphatic carbocycles. The van der Waals surface area contributed by atoms with E-state index in [4.69, 9.17) is 9.47 Å². The first kappa shape index (κ1) is 14.6. The van der Waals surface area contributed by atoms with Crippen molar-refractivity contribution in [1.29, 1.82) is 0 Å². The quantitative estimate of drug-likeness (QED) is 0.585. The highest BCUT2D eigenvalue weighted by molar-refractivity contribution is 5.56. The molecule has 1 N–H and O–H groups in total. The zero-order chi connectivity index (χ0) is 14.6. The highest BCUT2D eigenvalue weighted by atomic mass is 16.6. The third kappa shape index (κ3) is 3.60. The predicted octanol–water partition coefficient (Wildman–Crippen LogP) is 2.83. The van der Waals surface area contributed by atoms with E-state index in [1.165, 1.54) is 32.1 Å². The van der Waals surface area contributed by atoms with Crippen molar-refractivity contribution in [1.82, 2.24) is 0 Å². The van der Waals surface area contributed by atoms with E-state index in [1.54, 1.807) is 13.2 Å². The molecule has 0 aromatic heterocycles. The average Bonchev–Trinajstić information content (AvgIpc) is 3.23. The van der Waals surface area contributed by atoms with Crippen LogP contribution in [0.25, 0.3) is 0 Å². The Balaban J connectivity index is 2.02. The van der Waals surface area contributed by atoms with Gasteiger partial charge in [-0.15, -0.1) is 0 Å². The van der Waals surface area contributed by atoms with Gasteiger partial charge in [0.05, 0.1) is 18.1 Å². The predicted molar refractivity (Wildman–Crippen MR) is 76.3 cm³/mol. The molecular formula is C14H20N2O4. The summed E-state index contributed by atoms with van der Waals surface area (Å²) in [7, 11) is 3.21. The number of nitro groups is 1. The van der Waals surface area contributed by atoms with Crippen molar-refractivity contribution in [3.8, 4) is 5.75 Å². The van der Waals surface area contributed by atoms with Crippen LogP contribution < -0.4 is 10.1 Å². The van der Waals surface area contributed by atoms with Crippen LogP contribution in [0.5, 0.6) is 5.75 Å². The van der Waals surface area contributed by atoms with E-state index in [2.05, 4.69) is 5.32 Å². The number of nitrogens with one attached hydrogen (secondary N) is 1. The summed E-state index contributed by atoms with van der Waals surface area (Å²) in [5.74, 6) is 0.489. The highest BCUT2D eigenvalue weighted by Crippen LogP contribution is 2.48. The van der Waals surface area contributed by atoms with Crippen molar-refractivity contribution >= 4 is 11.4 Å². The number of nitrogens with zero attached hydrogens (tertiary/aromatic N) is 1. The summed E-state index contributed by atoms with van der Waals surface area (Å²) in [6.07, 6.45) is 3.37. The van der Waals surface area contributed by atoms with E-state index in [1.807, 2.05) is 0 Å². The lowest BCUT2D eigenvalue weighted by molar-refractivity contribution is -0.384. The highest BCUT2D eigenvalue weighted by Gasteiger charge is 2.41. The van der Waals surface area contributed by atoms with Crippen LogP contribution in [0, 0.1) is 15.5 Å². The van der Waals surface area contributed by atoms with E-state index in [9.17, 15) is 10.1 Å². The average molecular weight is 280 g/mol. The molecule has 2 rings (SSSR count). The molecule has 0 unspecified atom stereocenters. The molecule has 0 heterocycles. The van der Waals surface area contributed by atoms with Gasteiger partial charge in [0.2, 0.25) is 0 Å². The zero-order valence-electron chi connectivity index (χ0n) is 11.8. The van der Waals surface area contributed by atoms with Gasteiger partial charge in [0.1, 0.15) is 5.75 Å². The molecule has 1 aromatic rings. The van der Waals surface area contributed by atoms with Crippen molar-refractivity contribution in [3.05, 3.63) is 28.3 Å². The lowest BCUT2D eigenvalue weighted by atomic mass is 10.0. The monoisotopic (exact) mass is 280 g/mol. The Bertz CT molecular complexity index is 486. The summed E-state index contributed by atoms with van der Waals surface area (Å²) in [5, 5.41) is 14.2. The van der Waals surface area contributed by atoms with Crippen LogP contribution in [0.15, 0.2) is 18.2 Å². The molecule has 6 heteroatoms. The number of methoxy groups -OCH3 is 2. The second-order valence-electron chi connectivity index (χ2n) is 5.27. The molecule has 0 amide bonds. The molecule has 1 aromatic carbocycles. The largest absolute Gasteiger partial charge is 0.496 e. The van der Waals surface area contributed by atoms with Crippen LogP contribution in [-0.4, -0.2) is 32.3 Å². The topological polar surface area (TPSA) is 73.6 Å². The fraction of sp³-hybridized carbons (Fsp3) is 0.571. The molecule has 1 fully saturated rings. The smallest absolute Gasteiger partial charge is 0.275 e. The van der Waals surface area contributed by atoms with Crippen molar-refractivity contribution in [2.24, 2.45) is 5.41 Å². The van der Waals surface area contributed by atoms with Crippen molar-refractivity contribution in [2.45, 2.75) is 19.3 Å². The van der Waals surface area contributed by atoms with Crippen molar-refractivity contribution < 1.29 is 14.4 Å². The number of non-ortho nitro benzene ring substituents is 1.